The third-order valence-electron chi connectivity index (χ3n) is 0.972. The second-order valence-corrected chi connectivity index (χ2v) is 2.06. The molecular formula is C7H12NO. The first-order valence-corrected chi connectivity index (χ1v) is 2.97. The number of hydrogen-bond donors (Lipinski definition) is 0. The van der Waals surface area contributed by atoms with E-state index in [0.717, 1.165) is 5.57 Å². The smallest absolute Gasteiger partial charge is 0.312 e. The molecule has 0 saturated carbocycles. The normalized spacial score (nSPS) is 8.67. The van der Waals surface area contributed by atoms with Crippen LogP contribution in [0.3, 0.4) is 0 Å². The van der Waals surface area contributed by atoms with Gasteiger partial charge in [0.15, 0.2) is 0 Å². The van der Waals surface area contributed by atoms with E-state index in [0.29, 0.717) is 13.1 Å². The topological polar surface area (TPSA) is 20.3 Å². The number of likely N-dealkylation sites (N-methyl/N-ethyl adjacent to an activating group) is 1. The van der Waals surface area contributed by atoms with Gasteiger partial charge >= 0.3 is 6.41 Å². The zero-order valence-corrected chi connectivity index (χ0v) is 5.98. The molecule has 0 atom stereocenters. The summed E-state index contributed by atoms with van der Waals surface area (Å²) < 4.78 is 0. The van der Waals surface area contributed by atoms with E-state index < -0.39 is 0 Å². The molecule has 0 aliphatic rings. The fraction of sp³-hybridized carbons (Fsp3) is 0.571. The summed E-state index contributed by atoms with van der Waals surface area (Å²) in [5.74, 6) is 0. The molecule has 0 rings (SSSR count). The molecule has 51 valence electrons. The van der Waals surface area contributed by atoms with Crippen molar-refractivity contribution < 1.29 is 4.79 Å². The van der Waals surface area contributed by atoms with Gasteiger partial charge in [0.05, 0.1) is 0 Å². The summed E-state index contributed by atoms with van der Waals surface area (Å²) in [7, 11) is 0. The van der Waals surface area contributed by atoms with Gasteiger partial charge in [-0.1, -0.05) is 12.2 Å². The fourth-order valence-electron chi connectivity index (χ4n) is 0.534. The Labute approximate surface area is 56.2 Å². The van der Waals surface area contributed by atoms with Crippen LogP contribution in [-0.2, 0) is 4.79 Å². The highest BCUT2D eigenvalue weighted by Gasteiger charge is 1.96. The van der Waals surface area contributed by atoms with E-state index in [-0.39, 0.29) is 0 Å². The van der Waals surface area contributed by atoms with Gasteiger partial charge in [-0.25, -0.2) is 0 Å². The van der Waals surface area contributed by atoms with E-state index in [1.165, 1.54) is 0 Å². The molecule has 0 saturated heterocycles. The SMILES string of the molecule is C=C(C)CN([C]=O)CC. The van der Waals surface area contributed by atoms with E-state index in [4.69, 9.17) is 0 Å². The molecule has 0 aromatic heterocycles. The first-order valence-electron chi connectivity index (χ1n) is 2.97. The molecule has 0 aromatic carbocycles. The van der Waals surface area contributed by atoms with E-state index in [9.17, 15) is 4.79 Å². The van der Waals surface area contributed by atoms with Crippen molar-refractivity contribution in [1.29, 1.82) is 0 Å². The van der Waals surface area contributed by atoms with Crippen LogP contribution in [0.15, 0.2) is 12.2 Å². The predicted octanol–water partition coefficient (Wildman–Crippen LogP) is 0.952. The molecule has 0 aliphatic heterocycles. The van der Waals surface area contributed by atoms with Crippen molar-refractivity contribution in [3.05, 3.63) is 12.2 Å². The summed E-state index contributed by atoms with van der Waals surface area (Å²) in [6.07, 6.45) is 1.81. The van der Waals surface area contributed by atoms with Gasteiger partial charge in [-0.05, 0) is 13.8 Å². The standard InChI is InChI=1S/C7H12NO/c1-4-8(6-9)5-7(2)3/h2,4-5H2,1,3H3. The van der Waals surface area contributed by atoms with Gasteiger partial charge in [0.25, 0.3) is 0 Å². The van der Waals surface area contributed by atoms with Gasteiger partial charge in [0, 0.05) is 13.1 Å². The van der Waals surface area contributed by atoms with Crippen LogP contribution in [0.2, 0.25) is 0 Å². The van der Waals surface area contributed by atoms with Crippen molar-refractivity contribution in [3.8, 4) is 0 Å². The molecule has 0 fully saturated rings. The van der Waals surface area contributed by atoms with Gasteiger partial charge in [-0.15, -0.1) is 0 Å². The van der Waals surface area contributed by atoms with Crippen LogP contribution in [0.4, 0.5) is 0 Å². The van der Waals surface area contributed by atoms with Crippen LogP contribution in [0.5, 0.6) is 0 Å². The molecule has 2 nitrogen and oxygen atoms in total. The van der Waals surface area contributed by atoms with Crippen LogP contribution >= 0.6 is 0 Å². The monoisotopic (exact) mass is 126 g/mol. The van der Waals surface area contributed by atoms with Gasteiger partial charge in [-0.3, -0.25) is 4.79 Å². The lowest BCUT2D eigenvalue weighted by molar-refractivity contribution is 0.417. The largest absolute Gasteiger partial charge is 0.331 e. The Hall–Kier alpha value is -0.790. The Morgan fingerprint density at radius 2 is 2.33 bits per heavy atom. The molecule has 0 unspecified atom stereocenters. The molecule has 0 bridgehead atoms. The molecular weight excluding hydrogens is 114 g/mol. The molecule has 1 radical (unpaired) electrons. The highest BCUT2D eigenvalue weighted by Crippen LogP contribution is 1.90. The molecule has 0 aliphatic carbocycles. The molecule has 1 amide bonds. The first-order chi connectivity index (χ1) is 4.20. The maximum Gasteiger partial charge on any atom is 0.312 e. The Morgan fingerprint density at radius 1 is 1.78 bits per heavy atom. The van der Waals surface area contributed by atoms with Crippen LogP contribution in [0.25, 0.3) is 0 Å². The summed E-state index contributed by atoms with van der Waals surface area (Å²) in [4.78, 5) is 11.6. The summed E-state index contributed by atoms with van der Waals surface area (Å²) >= 11 is 0. The van der Waals surface area contributed by atoms with Gasteiger partial charge in [0.2, 0.25) is 0 Å². The molecule has 9 heavy (non-hydrogen) atoms. The maximum absolute atomic E-state index is 10.0. The highest BCUT2D eigenvalue weighted by atomic mass is 16.1. The van der Waals surface area contributed by atoms with Crippen molar-refractivity contribution in [3.63, 3.8) is 0 Å². The zero-order valence-electron chi connectivity index (χ0n) is 5.98. The van der Waals surface area contributed by atoms with Gasteiger partial charge in [-0.2, -0.15) is 0 Å². The van der Waals surface area contributed by atoms with Crippen LogP contribution < -0.4 is 0 Å². The minimum atomic E-state index is 0.625. The van der Waals surface area contributed by atoms with E-state index in [1.807, 2.05) is 13.8 Å². The van der Waals surface area contributed by atoms with E-state index in [2.05, 4.69) is 6.58 Å². The second-order valence-electron chi connectivity index (χ2n) is 2.06. The number of carbonyl (C=O) groups excluding carboxylic acids is 1. The quantitative estimate of drug-likeness (QED) is 0.405. The average molecular weight is 126 g/mol. The lowest BCUT2D eigenvalue weighted by Crippen LogP contribution is -2.22. The lowest BCUT2D eigenvalue weighted by atomic mass is 10.3. The van der Waals surface area contributed by atoms with Gasteiger partial charge < -0.3 is 4.90 Å². The Kier molecular flexibility index (Phi) is 3.76. The predicted molar refractivity (Wildman–Crippen MR) is 37.8 cm³/mol. The molecule has 0 aromatic rings. The van der Waals surface area contributed by atoms with Crippen LogP contribution in [0.1, 0.15) is 13.8 Å². The van der Waals surface area contributed by atoms with Crippen LogP contribution in [0, 0.1) is 0 Å². The number of nitrogens with zero attached hydrogens (tertiary/aromatic N) is 1. The zero-order chi connectivity index (χ0) is 7.28. The maximum atomic E-state index is 10.0. The fourth-order valence-corrected chi connectivity index (χ4v) is 0.534. The summed E-state index contributed by atoms with van der Waals surface area (Å²) in [6.45, 7) is 8.80. The Balaban J connectivity index is 3.55. The molecule has 0 N–H and O–H groups in total. The summed E-state index contributed by atoms with van der Waals surface area (Å²) in [5, 5.41) is 0. The molecule has 0 spiro atoms. The molecule has 2 heteroatoms. The number of hydrogen-bond acceptors (Lipinski definition) is 1. The lowest BCUT2D eigenvalue weighted by Gasteiger charge is -2.11. The third-order valence-corrected chi connectivity index (χ3v) is 0.972. The second kappa shape index (κ2) is 4.13. The summed E-state index contributed by atoms with van der Waals surface area (Å²) in [6, 6.07) is 0. The first kappa shape index (κ1) is 8.21. The number of rotatable bonds is 4. The summed E-state index contributed by atoms with van der Waals surface area (Å²) in [5.41, 5.74) is 0.986. The third kappa shape index (κ3) is 3.76. The number of amides is 1. The van der Waals surface area contributed by atoms with E-state index in [1.54, 1.807) is 11.3 Å². The van der Waals surface area contributed by atoms with Gasteiger partial charge in [0.1, 0.15) is 0 Å². The Bertz CT molecular complexity index is 109. The van der Waals surface area contributed by atoms with Crippen molar-refractivity contribution >= 4 is 6.41 Å². The average Bonchev–Trinajstić information content (AvgIpc) is 1.82. The van der Waals surface area contributed by atoms with Crippen molar-refractivity contribution in [2.75, 3.05) is 13.1 Å². The van der Waals surface area contributed by atoms with Crippen LogP contribution in [-0.4, -0.2) is 24.4 Å². The van der Waals surface area contributed by atoms with Crippen molar-refractivity contribution in [2.45, 2.75) is 13.8 Å². The highest BCUT2D eigenvalue weighted by molar-refractivity contribution is 5.48. The van der Waals surface area contributed by atoms with Crippen molar-refractivity contribution in [2.24, 2.45) is 0 Å². The van der Waals surface area contributed by atoms with Crippen molar-refractivity contribution in [1.82, 2.24) is 4.90 Å². The Morgan fingerprint density at radius 3 is 2.44 bits per heavy atom. The minimum Gasteiger partial charge on any atom is -0.331 e. The molecule has 0 heterocycles. The van der Waals surface area contributed by atoms with E-state index >= 15 is 0 Å². The minimum absolute atomic E-state index is 0.625.